The number of benzene rings is 1. The summed E-state index contributed by atoms with van der Waals surface area (Å²) < 4.78 is 0. The van der Waals surface area contributed by atoms with Crippen molar-refractivity contribution >= 4 is 17.6 Å². The maximum atomic E-state index is 11.7. The van der Waals surface area contributed by atoms with E-state index in [0.29, 0.717) is 16.8 Å². The van der Waals surface area contributed by atoms with Gasteiger partial charge in [-0.05, 0) is 24.6 Å². The van der Waals surface area contributed by atoms with Crippen LogP contribution in [-0.2, 0) is 4.79 Å². The third-order valence-corrected chi connectivity index (χ3v) is 2.36. The number of hydrogen-bond acceptors (Lipinski definition) is 4. The molecule has 0 aliphatic carbocycles. The monoisotopic (exact) mass is 238 g/mol. The predicted octanol–water partition coefficient (Wildman–Crippen LogP) is -0.247. The largest absolute Gasteiger partial charge is 0.479 e. The van der Waals surface area contributed by atoms with Crippen LogP contribution in [0.3, 0.4) is 0 Å². The SMILES string of the molecule is Cc1c(N)cccc1C(=O)NCC(O)C(=O)O. The molecule has 0 heterocycles. The molecule has 1 aromatic carbocycles. The highest BCUT2D eigenvalue weighted by Gasteiger charge is 2.16. The molecule has 92 valence electrons. The Bertz CT molecular complexity index is 445. The number of nitrogens with one attached hydrogen (secondary N) is 1. The molecule has 17 heavy (non-hydrogen) atoms. The number of nitrogen functional groups attached to an aromatic ring is 1. The molecule has 1 rings (SSSR count). The summed E-state index contributed by atoms with van der Waals surface area (Å²) in [4.78, 5) is 22.0. The Morgan fingerprint density at radius 3 is 2.71 bits per heavy atom. The summed E-state index contributed by atoms with van der Waals surface area (Å²) in [5.74, 6) is -1.84. The highest BCUT2D eigenvalue weighted by Crippen LogP contribution is 2.15. The number of carboxylic acids is 1. The average Bonchev–Trinajstić information content (AvgIpc) is 2.29. The van der Waals surface area contributed by atoms with E-state index < -0.39 is 18.0 Å². The molecule has 1 amide bonds. The summed E-state index contributed by atoms with van der Waals surface area (Å²) in [5, 5.41) is 19.8. The standard InChI is InChI=1S/C11H14N2O4/c1-6-7(3-2-4-8(6)12)10(15)13-5-9(14)11(16)17/h2-4,9,14H,5,12H2,1H3,(H,13,15)(H,16,17). The molecule has 1 atom stereocenters. The van der Waals surface area contributed by atoms with Crippen molar-refractivity contribution in [3.63, 3.8) is 0 Å². The van der Waals surface area contributed by atoms with E-state index in [2.05, 4.69) is 5.32 Å². The third-order valence-electron chi connectivity index (χ3n) is 2.36. The molecule has 6 heteroatoms. The van der Waals surface area contributed by atoms with Crippen LogP contribution >= 0.6 is 0 Å². The molecule has 0 aliphatic rings. The van der Waals surface area contributed by atoms with Gasteiger partial charge in [0.05, 0.1) is 6.54 Å². The Labute approximate surface area is 98.1 Å². The van der Waals surface area contributed by atoms with E-state index in [-0.39, 0.29) is 6.54 Å². The second-order valence-corrected chi connectivity index (χ2v) is 3.58. The fraction of sp³-hybridized carbons (Fsp3) is 0.273. The summed E-state index contributed by atoms with van der Waals surface area (Å²) in [6.07, 6.45) is -1.61. The first-order valence-electron chi connectivity index (χ1n) is 4.97. The van der Waals surface area contributed by atoms with Crippen LogP contribution < -0.4 is 11.1 Å². The van der Waals surface area contributed by atoms with Gasteiger partial charge in [-0.3, -0.25) is 4.79 Å². The van der Waals surface area contributed by atoms with E-state index >= 15 is 0 Å². The highest BCUT2D eigenvalue weighted by molar-refractivity contribution is 5.97. The molecule has 0 bridgehead atoms. The van der Waals surface area contributed by atoms with Crippen molar-refractivity contribution in [1.29, 1.82) is 0 Å². The van der Waals surface area contributed by atoms with Gasteiger partial charge >= 0.3 is 5.97 Å². The molecule has 0 aliphatic heterocycles. The topological polar surface area (TPSA) is 113 Å². The fourth-order valence-corrected chi connectivity index (χ4v) is 1.27. The third kappa shape index (κ3) is 3.18. The molecule has 0 fully saturated rings. The van der Waals surface area contributed by atoms with Crippen molar-refractivity contribution < 1.29 is 19.8 Å². The van der Waals surface area contributed by atoms with E-state index in [9.17, 15) is 9.59 Å². The van der Waals surface area contributed by atoms with Gasteiger partial charge in [0.1, 0.15) is 0 Å². The second kappa shape index (κ2) is 5.31. The van der Waals surface area contributed by atoms with E-state index in [1.165, 1.54) is 0 Å². The fourth-order valence-electron chi connectivity index (χ4n) is 1.27. The number of carboxylic acid groups (broad SMARTS) is 1. The van der Waals surface area contributed by atoms with Crippen molar-refractivity contribution in [3.8, 4) is 0 Å². The molecular formula is C11H14N2O4. The van der Waals surface area contributed by atoms with Gasteiger partial charge < -0.3 is 21.3 Å². The smallest absolute Gasteiger partial charge is 0.334 e. The summed E-state index contributed by atoms with van der Waals surface area (Å²) in [7, 11) is 0. The first-order valence-corrected chi connectivity index (χ1v) is 4.97. The Kier molecular flexibility index (Phi) is 4.06. The lowest BCUT2D eigenvalue weighted by molar-refractivity contribution is -0.146. The average molecular weight is 238 g/mol. The van der Waals surface area contributed by atoms with Crippen LogP contribution in [0.4, 0.5) is 5.69 Å². The van der Waals surface area contributed by atoms with Gasteiger partial charge in [0.2, 0.25) is 0 Å². The zero-order chi connectivity index (χ0) is 13.0. The number of carbonyl (C=O) groups is 2. The van der Waals surface area contributed by atoms with Gasteiger partial charge in [-0.2, -0.15) is 0 Å². The number of aliphatic hydroxyl groups is 1. The van der Waals surface area contributed by atoms with Crippen LogP contribution in [0.1, 0.15) is 15.9 Å². The summed E-state index contributed by atoms with van der Waals surface area (Å²) in [6.45, 7) is 1.35. The molecule has 1 aromatic rings. The van der Waals surface area contributed by atoms with Gasteiger partial charge in [-0.15, -0.1) is 0 Å². The Hall–Kier alpha value is -2.08. The normalized spacial score (nSPS) is 11.9. The first kappa shape index (κ1) is 13.0. The van der Waals surface area contributed by atoms with E-state index in [0.717, 1.165) is 0 Å². The quantitative estimate of drug-likeness (QED) is 0.540. The maximum absolute atomic E-state index is 11.7. The van der Waals surface area contributed by atoms with Crippen LogP contribution in [-0.4, -0.2) is 34.7 Å². The highest BCUT2D eigenvalue weighted by atomic mass is 16.4. The molecule has 1 unspecified atom stereocenters. The maximum Gasteiger partial charge on any atom is 0.334 e. The number of carbonyl (C=O) groups excluding carboxylic acids is 1. The molecular weight excluding hydrogens is 224 g/mol. The van der Waals surface area contributed by atoms with Crippen LogP contribution in [0, 0.1) is 6.92 Å². The molecule has 6 nitrogen and oxygen atoms in total. The lowest BCUT2D eigenvalue weighted by Gasteiger charge is -2.10. The van der Waals surface area contributed by atoms with Crippen LogP contribution in [0.25, 0.3) is 0 Å². The predicted molar refractivity (Wildman–Crippen MR) is 61.6 cm³/mol. The molecule has 5 N–H and O–H groups in total. The van der Waals surface area contributed by atoms with Crippen LogP contribution in [0.5, 0.6) is 0 Å². The molecule has 0 saturated heterocycles. The second-order valence-electron chi connectivity index (χ2n) is 3.58. The molecule has 0 radical (unpaired) electrons. The zero-order valence-electron chi connectivity index (χ0n) is 9.30. The zero-order valence-corrected chi connectivity index (χ0v) is 9.30. The van der Waals surface area contributed by atoms with Crippen molar-refractivity contribution in [2.24, 2.45) is 0 Å². The van der Waals surface area contributed by atoms with E-state index in [1.807, 2.05) is 0 Å². The van der Waals surface area contributed by atoms with Crippen LogP contribution in [0.2, 0.25) is 0 Å². The number of anilines is 1. The summed E-state index contributed by atoms with van der Waals surface area (Å²) >= 11 is 0. The van der Waals surface area contributed by atoms with Gasteiger partial charge in [-0.1, -0.05) is 6.07 Å². The summed E-state index contributed by atoms with van der Waals surface area (Å²) in [5.41, 5.74) is 7.11. The van der Waals surface area contributed by atoms with E-state index in [1.54, 1.807) is 25.1 Å². The molecule has 0 saturated carbocycles. The van der Waals surface area contributed by atoms with E-state index in [4.69, 9.17) is 15.9 Å². The van der Waals surface area contributed by atoms with Gasteiger partial charge in [0.15, 0.2) is 6.10 Å². The van der Waals surface area contributed by atoms with Crippen molar-refractivity contribution in [1.82, 2.24) is 5.32 Å². The minimum absolute atomic E-state index is 0.345. The van der Waals surface area contributed by atoms with Gasteiger partial charge in [-0.25, -0.2) is 4.79 Å². The van der Waals surface area contributed by atoms with Crippen molar-refractivity contribution in [3.05, 3.63) is 29.3 Å². The van der Waals surface area contributed by atoms with Crippen molar-refractivity contribution in [2.75, 3.05) is 12.3 Å². The number of nitrogens with two attached hydrogens (primary N) is 1. The first-order chi connectivity index (χ1) is 7.93. The minimum atomic E-state index is -1.61. The van der Waals surface area contributed by atoms with Crippen LogP contribution in [0.15, 0.2) is 18.2 Å². The lowest BCUT2D eigenvalue weighted by Crippen LogP contribution is -2.36. The minimum Gasteiger partial charge on any atom is -0.479 e. The van der Waals surface area contributed by atoms with Gasteiger partial charge in [0, 0.05) is 11.3 Å². The number of aliphatic hydroxyl groups excluding tert-OH is 1. The molecule has 0 spiro atoms. The van der Waals surface area contributed by atoms with Crippen molar-refractivity contribution in [2.45, 2.75) is 13.0 Å². The lowest BCUT2D eigenvalue weighted by atomic mass is 10.1. The van der Waals surface area contributed by atoms with Gasteiger partial charge in [0.25, 0.3) is 5.91 Å². The number of aliphatic carboxylic acids is 1. The number of amides is 1. The molecule has 0 aromatic heterocycles. The number of hydrogen-bond donors (Lipinski definition) is 4. The Morgan fingerprint density at radius 1 is 1.47 bits per heavy atom. The number of rotatable bonds is 4. The summed E-state index contributed by atoms with van der Waals surface area (Å²) in [6, 6.07) is 4.87. The Balaban J connectivity index is 2.71. The Morgan fingerprint density at radius 2 is 2.12 bits per heavy atom.